The Bertz CT molecular complexity index is 319. The smallest absolute Gasteiger partial charge is 0.227 e. The van der Waals surface area contributed by atoms with E-state index in [1.54, 1.807) is 22.6 Å². The second-order valence-electron chi connectivity index (χ2n) is 2.22. The lowest BCUT2D eigenvalue weighted by atomic mass is 10.1. The van der Waals surface area contributed by atoms with Gasteiger partial charge < -0.3 is 0 Å². The minimum absolute atomic E-state index is 0.116. The standard InChI is InChI=1S/C7H4ClF3IN/c8-1-3-4(12)2-13-7(11)5(3)6(9)10/h2,6H,1H2. The van der Waals surface area contributed by atoms with Crippen LogP contribution in [-0.4, -0.2) is 4.98 Å². The summed E-state index contributed by atoms with van der Waals surface area (Å²) in [6.07, 6.45) is -1.70. The fraction of sp³-hybridized carbons (Fsp3) is 0.286. The van der Waals surface area contributed by atoms with Crippen LogP contribution < -0.4 is 0 Å². The summed E-state index contributed by atoms with van der Waals surface area (Å²) >= 11 is 7.21. The van der Waals surface area contributed by atoms with Gasteiger partial charge in [-0.05, 0) is 28.2 Å². The van der Waals surface area contributed by atoms with Crippen molar-refractivity contribution in [1.29, 1.82) is 0 Å². The van der Waals surface area contributed by atoms with E-state index in [0.717, 1.165) is 0 Å². The molecule has 0 saturated carbocycles. The molecule has 6 heteroatoms. The van der Waals surface area contributed by atoms with Gasteiger partial charge in [0, 0.05) is 15.6 Å². The molecule has 1 aromatic rings. The molecule has 0 atom stereocenters. The van der Waals surface area contributed by atoms with Crippen molar-refractivity contribution in [1.82, 2.24) is 4.98 Å². The predicted octanol–water partition coefficient (Wildman–Crippen LogP) is 3.50. The summed E-state index contributed by atoms with van der Waals surface area (Å²) in [5.74, 6) is -1.29. The van der Waals surface area contributed by atoms with Crippen molar-refractivity contribution in [2.75, 3.05) is 0 Å². The normalized spacial score (nSPS) is 10.9. The molecular weight excluding hydrogens is 317 g/mol. The van der Waals surface area contributed by atoms with E-state index in [0.29, 0.717) is 3.57 Å². The zero-order valence-corrected chi connectivity index (χ0v) is 9.11. The van der Waals surface area contributed by atoms with E-state index < -0.39 is 17.9 Å². The lowest BCUT2D eigenvalue weighted by Crippen LogP contribution is -2.02. The molecule has 72 valence electrons. The van der Waals surface area contributed by atoms with E-state index in [9.17, 15) is 13.2 Å². The summed E-state index contributed by atoms with van der Waals surface area (Å²) in [5.41, 5.74) is -0.577. The average molecular weight is 321 g/mol. The number of nitrogens with zero attached hydrogens (tertiary/aromatic N) is 1. The number of aromatic nitrogens is 1. The van der Waals surface area contributed by atoms with Crippen LogP contribution in [0.3, 0.4) is 0 Å². The molecule has 1 nitrogen and oxygen atoms in total. The summed E-state index contributed by atoms with van der Waals surface area (Å²) in [7, 11) is 0. The highest BCUT2D eigenvalue weighted by Crippen LogP contribution is 2.28. The first kappa shape index (κ1) is 11.0. The summed E-state index contributed by atoms with van der Waals surface area (Å²) in [4.78, 5) is 3.20. The van der Waals surface area contributed by atoms with Crippen LogP contribution in [-0.2, 0) is 5.88 Å². The Morgan fingerprint density at radius 3 is 2.54 bits per heavy atom. The van der Waals surface area contributed by atoms with E-state index in [1.807, 2.05) is 0 Å². The van der Waals surface area contributed by atoms with Crippen LogP contribution in [0.4, 0.5) is 13.2 Å². The van der Waals surface area contributed by atoms with Crippen molar-refractivity contribution in [3.05, 3.63) is 26.8 Å². The van der Waals surface area contributed by atoms with Crippen molar-refractivity contribution in [3.63, 3.8) is 0 Å². The SMILES string of the molecule is Fc1ncc(I)c(CCl)c1C(F)F. The number of halogens is 5. The quantitative estimate of drug-likeness (QED) is 0.461. The maximum atomic E-state index is 12.8. The first-order valence-corrected chi connectivity index (χ1v) is 4.86. The minimum atomic E-state index is -2.88. The van der Waals surface area contributed by atoms with Gasteiger partial charge in [0.25, 0.3) is 6.43 Å². The van der Waals surface area contributed by atoms with E-state index in [1.165, 1.54) is 6.20 Å². The van der Waals surface area contributed by atoms with E-state index in [-0.39, 0.29) is 11.4 Å². The van der Waals surface area contributed by atoms with Crippen LogP contribution in [0.5, 0.6) is 0 Å². The summed E-state index contributed by atoms with van der Waals surface area (Å²) in [5, 5.41) is 0. The zero-order valence-electron chi connectivity index (χ0n) is 6.20. The number of rotatable bonds is 2. The van der Waals surface area contributed by atoms with Crippen LogP contribution in [0.15, 0.2) is 6.20 Å². The average Bonchev–Trinajstić information content (AvgIpc) is 2.07. The van der Waals surface area contributed by atoms with Gasteiger partial charge in [0.15, 0.2) is 0 Å². The third-order valence-corrected chi connectivity index (χ3v) is 2.68. The number of hydrogen-bond donors (Lipinski definition) is 0. The monoisotopic (exact) mass is 321 g/mol. The van der Waals surface area contributed by atoms with Crippen molar-refractivity contribution in [3.8, 4) is 0 Å². The molecule has 0 unspecified atom stereocenters. The van der Waals surface area contributed by atoms with Crippen LogP contribution in [0.1, 0.15) is 17.6 Å². The molecule has 0 bridgehead atoms. The Morgan fingerprint density at radius 2 is 2.15 bits per heavy atom. The molecule has 1 heterocycles. The minimum Gasteiger partial charge on any atom is -0.227 e. The molecule has 0 radical (unpaired) electrons. The molecule has 0 amide bonds. The molecule has 0 aliphatic carbocycles. The van der Waals surface area contributed by atoms with Gasteiger partial charge in [-0.3, -0.25) is 0 Å². The molecule has 0 N–H and O–H groups in total. The third-order valence-electron chi connectivity index (χ3n) is 1.48. The van der Waals surface area contributed by atoms with Crippen molar-refractivity contribution in [2.45, 2.75) is 12.3 Å². The third kappa shape index (κ3) is 2.25. The van der Waals surface area contributed by atoms with E-state index in [2.05, 4.69) is 4.98 Å². The van der Waals surface area contributed by atoms with Gasteiger partial charge in [0.1, 0.15) is 0 Å². The summed E-state index contributed by atoms with van der Waals surface area (Å²) in [6, 6.07) is 0. The number of pyridine rings is 1. The van der Waals surface area contributed by atoms with Crippen LogP contribution in [0, 0.1) is 9.52 Å². The molecular formula is C7H4ClF3IN. The van der Waals surface area contributed by atoms with Gasteiger partial charge in [-0.1, -0.05) is 0 Å². The van der Waals surface area contributed by atoms with Gasteiger partial charge in [0.05, 0.1) is 5.56 Å². The zero-order chi connectivity index (χ0) is 10.0. The van der Waals surface area contributed by atoms with Gasteiger partial charge in [-0.15, -0.1) is 11.6 Å². The molecule has 1 rings (SSSR count). The van der Waals surface area contributed by atoms with Crippen LogP contribution in [0.25, 0.3) is 0 Å². The summed E-state index contributed by atoms with van der Waals surface area (Å²) in [6.45, 7) is 0. The van der Waals surface area contributed by atoms with Crippen molar-refractivity contribution >= 4 is 34.2 Å². The van der Waals surface area contributed by atoms with Gasteiger partial charge in [-0.2, -0.15) is 4.39 Å². The highest BCUT2D eigenvalue weighted by Gasteiger charge is 2.20. The van der Waals surface area contributed by atoms with Gasteiger partial charge >= 0.3 is 0 Å². The predicted molar refractivity (Wildman–Crippen MR) is 51.4 cm³/mol. The van der Waals surface area contributed by atoms with Crippen molar-refractivity contribution in [2.24, 2.45) is 0 Å². The van der Waals surface area contributed by atoms with E-state index >= 15 is 0 Å². The molecule has 1 aromatic heterocycles. The molecule has 0 aliphatic heterocycles. The van der Waals surface area contributed by atoms with Crippen molar-refractivity contribution < 1.29 is 13.2 Å². The highest BCUT2D eigenvalue weighted by atomic mass is 127. The number of hydrogen-bond acceptors (Lipinski definition) is 1. The maximum absolute atomic E-state index is 12.8. The molecule has 0 aromatic carbocycles. The Kier molecular flexibility index (Phi) is 3.78. The first-order chi connectivity index (χ1) is 6.07. The van der Waals surface area contributed by atoms with Gasteiger partial charge in [-0.25, -0.2) is 13.8 Å². The lowest BCUT2D eigenvalue weighted by Gasteiger charge is -2.08. The molecule has 0 aliphatic rings. The Labute approximate surface area is 91.4 Å². The van der Waals surface area contributed by atoms with Crippen LogP contribution in [0.2, 0.25) is 0 Å². The highest BCUT2D eigenvalue weighted by molar-refractivity contribution is 14.1. The Morgan fingerprint density at radius 1 is 1.54 bits per heavy atom. The first-order valence-electron chi connectivity index (χ1n) is 3.24. The number of alkyl halides is 3. The van der Waals surface area contributed by atoms with Crippen LogP contribution >= 0.6 is 34.2 Å². The summed E-state index contributed by atoms with van der Waals surface area (Å²) < 4.78 is 37.9. The Hall–Kier alpha value is -0.0400. The fourth-order valence-corrected chi connectivity index (χ4v) is 2.01. The fourth-order valence-electron chi connectivity index (χ4n) is 0.872. The Balaban J connectivity index is 3.35. The molecule has 0 fully saturated rings. The topological polar surface area (TPSA) is 12.9 Å². The maximum Gasteiger partial charge on any atom is 0.268 e. The largest absolute Gasteiger partial charge is 0.268 e. The second kappa shape index (κ2) is 4.45. The second-order valence-corrected chi connectivity index (χ2v) is 3.65. The molecule has 0 spiro atoms. The lowest BCUT2D eigenvalue weighted by molar-refractivity contribution is 0.144. The van der Waals surface area contributed by atoms with Gasteiger partial charge in [0.2, 0.25) is 5.95 Å². The van der Waals surface area contributed by atoms with E-state index in [4.69, 9.17) is 11.6 Å². The molecule has 13 heavy (non-hydrogen) atoms. The molecule has 0 saturated heterocycles.